The molecule has 2 atom stereocenters. The van der Waals surface area contributed by atoms with Gasteiger partial charge in [-0.1, -0.05) is 0 Å². The standard InChI is InChI=1S/C19H18FN7O/c20-14-11-26(17-4-3-12(8-21)9-23-17)7-5-15(14)25-18-13(19(22)28)10-24-27-6-1-2-16(18)27/h1-4,6,9-10,14-15,25H,5,7,11H2,(H2,22,28)/t14-,15-/m1/s1. The number of rotatable bonds is 4. The minimum atomic E-state index is -1.19. The van der Waals surface area contributed by atoms with Crippen molar-refractivity contribution in [2.24, 2.45) is 5.73 Å². The summed E-state index contributed by atoms with van der Waals surface area (Å²) in [5.41, 5.74) is 7.33. The summed E-state index contributed by atoms with van der Waals surface area (Å²) in [7, 11) is 0. The number of piperidine rings is 1. The van der Waals surface area contributed by atoms with E-state index < -0.39 is 18.1 Å². The Labute approximate surface area is 160 Å². The molecule has 28 heavy (non-hydrogen) atoms. The van der Waals surface area contributed by atoms with E-state index in [0.29, 0.717) is 35.6 Å². The molecular weight excluding hydrogens is 361 g/mol. The van der Waals surface area contributed by atoms with Gasteiger partial charge in [0.2, 0.25) is 0 Å². The number of nitriles is 1. The number of nitrogens with two attached hydrogens (primary N) is 1. The monoisotopic (exact) mass is 379 g/mol. The molecule has 0 bridgehead atoms. The van der Waals surface area contributed by atoms with Crippen LogP contribution in [0.1, 0.15) is 22.3 Å². The molecule has 0 spiro atoms. The molecule has 142 valence electrons. The first kappa shape index (κ1) is 17.7. The Bertz CT molecular complexity index is 1060. The molecule has 1 fully saturated rings. The first-order valence-electron chi connectivity index (χ1n) is 8.84. The Kier molecular flexibility index (Phi) is 4.53. The SMILES string of the molecule is N#Cc1ccc(N2CC[C@@H](Nc3c(C(N)=O)cnn4cccc34)[C@H](F)C2)nc1. The van der Waals surface area contributed by atoms with Gasteiger partial charge in [0, 0.05) is 18.9 Å². The molecule has 1 aliphatic heterocycles. The van der Waals surface area contributed by atoms with Crippen LogP contribution in [0.5, 0.6) is 0 Å². The van der Waals surface area contributed by atoms with Crippen LogP contribution in [-0.2, 0) is 0 Å². The van der Waals surface area contributed by atoms with Crippen LogP contribution in [0.2, 0.25) is 0 Å². The zero-order valence-corrected chi connectivity index (χ0v) is 14.9. The number of hydrogen-bond acceptors (Lipinski definition) is 6. The normalized spacial score (nSPS) is 19.4. The Balaban J connectivity index is 1.54. The summed E-state index contributed by atoms with van der Waals surface area (Å²) in [6.45, 7) is 0.746. The lowest BCUT2D eigenvalue weighted by Crippen LogP contribution is -2.48. The zero-order chi connectivity index (χ0) is 19.7. The van der Waals surface area contributed by atoms with Crippen LogP contribution < -0.4 is 16.0 Å². The van der Waals surface area contributed by atoms with Crippen molar-refractivity contribution in [1.82, 2.24) is 14.6 Å². The van der Waals surface area contributed by atoms with Gasteiger partial charge >= 0.3 is 0 Å². The number of amides is 1. The van der Waals surface area contributed by atoms with E-state index >= 15 is 0 Å². The number of primary amides is 1. The van der Waals surface area contributed by atoms with Crippen molar-refractivity contribution in [3.05, 3.63) is 54.0 Å². The van der Waals surface area contributed by atoms with E-state index in [2.05, 4.69) is 15.4 Å². The summed E-state index contributed by atoms with van der Waals surface area (Å²) < 4.78 is 16.6. The second-order valence-corrected chi connectivity index (χ2v) is 6.65. The average Bonchev–Trinajstić information content (AvgIpc) is 3.18. The summed E-state index contributed by atoms with van der Waals surface area (Å²) in [6, 6.07) is 8.52. The van der Waals surface area contributed by atoms with Gasteiger partial charge in [-0.25, -0.2) is 13.9 Å². The third-order valence-electron chi connectivity index (χ3n) is 4.90. The second-order valence-electron chi connectivity index (χ2n) is 6.65. The number of hydrogen-bond donors (Lipinski definition) is 2. The highest BCUT2D eigenvalue weighted by molar-refractivity contribution is 6.01. The molecule has 0 aromatic carbocycles. The van der Waals surface area contributed by atoms with E-state index in [4.69, 9.17) is 11.0 Å². The molecule has 8 nitrogen and oxygen atoms in total. The summed E-state index contributed by atoms with van der Waals surface area (Å²) in [5, 5.41) is 16.2. The molecule has 0 radical (unpaired) electrons. The Morgan fingerprint density at radius 2 is 2.21 bits per heavy atom. The number of carbonyl (C=O) groups is 1. The van der Waals surface area contributed by atoms with Crippen LogP contribution in [0.4, 0.5) is 15.9 Å². The number of nitrogens with zero attached hydrogens (tertiary/aromatic N) is 5. The van der Waals surface area contributed by atoms with E-state index in [1.165, 1.54) is 12.4 Å². The van der Waals surface area contributed by atoms with Gasteiger partial charge in [0.05, 0.1) is 41.1 Å². The third-order valence-corrected chi connectivity index (χ3v) is 4.90. The van der Waals surface area contributed by atoms with Crippen LogP contribution >= 0.6 is 0 Å². The smallest absolute Gasteiger partial charge is 0.252 e. The van der Waals surface area contributed by atoms with Gasteiger partial charge in [-0.3, -0.25) is 4.79 Å². The Morgan fingerprint density at radius 1 is 1.36 bits per heavy atom. The lowest BCUT2D eigenvalue weighted by atomic mass is 10.0. The fourth-order valence-corrected chi connectivity index (χ4v) is 3.43. The summed E-state index contributed by atoms with van der Waals surface area (Å²) in [6.07, 6.45) is 3.94. The highest BCUT2D eigenvalue weighted by Crippen LogP contribution is 2.27. The quantitative estimate of drug-likeness (QED) is 0.714. The van der Waals surface area contributed by atoms with Crippen molar-refractivity contribution >= 4 is 22.9 Å². The van der Waals surface area contributed by atoms with Crippen LogP contribution in [0, 0.1) is 11.3 Å². The molecule has 1 aliphatic rings. The molecule has 1 amide bonds. The largest absolute Gasteiger partial charge is 0.377 e. The molecular formula is C19H18FN7O. The van der Waals surface area contributed by atoms with Crippen LogP contribution in [0.25, 0.3) is 5.52 Å². The number of fused-ring (bicyclic) bond motifs is 1. The summed E-state index contributed by atoms with van der Waals surface area (Å²) >= 11 is 0. The molecule has 1 saturated heterocycles. The van der Waals surface area contributed by atoms with Gasteiger partial charge in [-0.15, -0.1) is 0 Å². The number of aromatic nitrogens is 3. The molecule has 0 aliphatic carbocycles. The first-order valence-corrected chi connectivity index (χ1v) is 8.84. The minimum absolute atomic E-state index is 0.158. The lowest BCUT2D eigenvalue weighted by Gasteiger charge is -2.36. The third kappa shape index (κ3) is 3.20. The van der Waals surface area contributed by atoms with Gasteiger partial charge in [0.25, 0.3) is 5.91 Å². The first-order chi connectivity index (χ1) is 13.6. The van der Waals surface area contributed by atoms with Gasteiger partial charge in [0.1, 0.15) is 18.1 Å². The highest BCUT2D eigenvalue weighted by Gasteiger charge is 2.31. The molecule has 0 unspecified atom stereocenters. The number of anilines is 2. The van der Waals surface area contributed by atoms with Crippen molar-refractivity contribution in [1.29, 1.82) is 5.26 Å². The molecule has 0 saturated carbocycles. The van der Waals surface area contributed by atoms with Crippen molar-refractivity contribution in [2.75, 3.05) is 23.3 Å². The van der Waals surface area contributed by atoms with E-state index in [0.717, 1.165) is 0 Å². The van der Waals surface area contributed by atoms with Gasteiger partial charge < -0.3 is 16.0 Å². The average molecular weight is 379 g/mol. The number of nitrogens with one attached hydrogen (secondary N) is 1. The molecule has 9 heteroatoms. The predicted octanol–water partition coefficient (Wildman–Crippen LogP) is 1.73. The lowest BCUT2D eigenvalue weighted by molar-refractivity contribution is 0.100. The summed E-state index contributed by atoms with van der Waals surface area (Å²) in [4.78, 5) is 17.9. The minimum Gasteiger partial charge on any atom is -0.377 e. The predicted molar refractivity (Wildman–Crippen MR) is 102 cm³/mol. The molecule has 4 heterocycles. The van der Waals surface area contributed by atoms with Crippen molar-refractivity contribution in [3.63, 3.8) is 0 Å². The maximum Gasteiger partial charge on any atom is 0.252 e. The van der Waals surface area contributed by atoms with E-state index in [1.54, 1.807) is 35.0 Å². The summed E-state index contributed by atoms with van der Waals surface area (Å²) in [5.74, 6) is 0.0177. The van der Waals surface area contributed by atoms with Gasteiger partial charge in [-0.2, -0.15) is 10.4 Å². The maximum atomic E-state index is 15.0. The highest BCUT2D eigenvalue weighted by atomic mass is 19.1. The van der Waals surface area contributed by atoms with Crippen molar-refractivity contribution in [3.8, 4) is 6.07 Å². The van der Waals surface area contributed by atoms with Gasteiger partial charge in [0.15, 0.2) is 0 Å². The van der Waals surface area contributed by atoms with E-state index in [-0.39, 0.29) is 12.1 Å². The van der Waals surface area contributed by atoms with Gasteiger partial charge in [-0.05, 0) is 30.7 Å². The molecule has 3 aromatic heterocycles. The number of pyridine rings is 1. The molecule has 4 rings (SSSR count). The Hall–Kier alpha value is -3.67. The fourth-order valence-electron chi connectivity index (χ4n) is 3.43. The number of alkyl halides is 1. The van der Waals surface area contributed by atoms with Crippen LogP contribution in [-0.4, -0.2) is 45.8 Å². The van der Waals surface area contributed by atoms with Crippen molar-refractivity contribution in [2.45, 2.75) is 18.6 Å². The van der Waals surface area contributed by atoms with Crippen LogP contribution in [0.3, 0.4) is 0 Å². The fraction of sp³-hybridized carbons (Fsp3) is 0.263. The Morgan fingerprint density at radius 3 is 2.89 bits per heavy atom. The van der Waals surface area contributed by atoms with E-state index in [9.17, 15) is 9.18 Å². The van der Waals surface area contributed by atoms with E-state index in [1.807, 2.05) is 11.0 Å². The second kappa shape index (κ2) is 7.15. The molecule has 3 aromatic rings. The molecule has 3 N–H and O–H groups in total. The zero-order valence-electron chi connectivity index (χ0n) is 14.9. The van der Waals surface area contributed by atoms with Crippen molar-refractivity contribution < 1.29 is 9.18 Å². The van der Waals surface area contributed by atoms with Crippen LogP contribution in [0.15, 0.2) is 42.9 Å². The number of carbonyl (C=O) groups excluding carboxylic acids is 1. The topological polar surface area (TPSA) is 112 Å². The number of halogens is 1. The maximum absolute atomic E-state index is 15.0.